The Morgan fingerprint density at radius 2 is 1.83 bits per heavy atom. The molecule has 7 nitrogen and oxygen atoms in total. The smallest absolute Gasteiger partial charge is 0.247 e. The van der Waals surface area contributed by atoms with Gasteiger partial charge in [-0.25, -0.2) is 8.78 Å². The zero-order valence-electron chi connectivity index (χ0n) is 19.7. The first-order valence-electron chi connectivity index (χ1n) is 11.3. The molecule has 2 aromatic carbocycles. The number of carbonyl (C=O) groups is 3. The molecule has 0 saturated carbocycles. The van der Waals surface area contributed by atoms with Gasteiger partial charge in [-0.1, -0.05) is 42.5 Å². The van der Waals surface area contributed by atoms with E-state index in [9.17, 15) is 23.2 Å². The van der Waals surface area contributed by atoms with Crippen molar-refractivity contribution < 1.29 is 27.9 Å². The third-order valence-electron chi connectivity index (χ3n) is 5.74. The highest BCUT2D eigenvalue weighted by Gasteiger charge is 2.40. The highest BCUT2D eigenvalue weighted by molar-refractivity contribution is 6.03. The molecule has 0 bridgehead atoms. The minimum absolute atomic E-state index is 0.0463. The van der Waals surface area contributed by atoms with E-state index in [1.54, 1.807) is 11.0 Å². The Morgan fingerprint density at radius 3 is 2.43 bits per heavy atom. The van der Waals surface area contributed by atoms with Crippen LogP contribution in [0.3, 0.4) is 0 Å². The molecule has 3 atom stereocenters. The van der Waals surface area contributed by atoms with Gasteiger partial charge in [0.2, 0.25) is 17.7 Å². The van der Waals surface area contributed by atoms with Crippen LogP contribution in [0.1, 0.15) is 30.5 Å². The van der Waals surface area contributed by atoms with Crippen molar-refractivity contribution in [2.45, 2.75) is 37.9 Å². The quantitative estimate of drug-likeness (QED) is 0.581. The third-order valence-corrected chi connectivity index (χ3v) is 5.74. The van der Waals surface area contributed by atoms with Gasteiger partial charge in [0.15, 0.2) is 0 Å². The summed E-state index contributed by atoms with van der Waals surface area (Å²) in [4.78, 5) is 42.5. The number of nitrogens with two attached hydrogens (primary N) is 1. The van der Waals surface area contributed by atoms with Gasteiger partial charge in [-0.15, -0.1) is 0 Å². The Hall–Kier alpha value is -3.43. The standard InChI is InChI=1S/C26H29F2N3O4/c1-17(29)25(33)31(24(32)15-18-13-20(27)16-21(28)14-18)23-10-6-9-22(19-7-4-3-5-8-19)30(26(23)34)11-12-35-2/h3-9,13-14,16-17,22-23H,10-12,15,29H2,1-2H3/t17-,22-,23-/m0/s1. The van der Waals surface area contributed by atoms with Crippen LogP contribution in [0, 0.1) is 11.6 Å². The van der Waals surface area contributed by atoms with Gasteiger partial charge < -0.3 is 15.4 Å². The van der Waals surface area contributed by atoms with Crippen LogP contribution in [0.25, 0.3) is 0 Å². The normalized spacial score (nSPS) is 18.8. The number of ether oxygens (including phenoxy) is 1. The van der Waals surface area contributed by atoms with Gasteiger partial charge in [0.25, 0.3) is 0 Å². The average Bonchev–Trinajstić information content (AvgIpc) is 2.96. The molecule has 0 spiro atoms. The van der Waals surface area contributed by atoms with Gasteiger partial charge in [-0.2, -0.15) is 0 Å². The molecule has 1 aliphatic heterocycles. The molecule has 3 rings (SSSR count). The van der Waals surface area contributed by atoms with Crippen LogP contribution in [0.4, 0.5) is 8.78 Å². The lowest BCUT2D eigenvalue weighted by Crippen LogP contribution is -2.57. The fourth-order valence-electron chi connectivity index (χ4n) is 4.11. The number of rotatable bonds is 8. The molecule has 0 aromatic heterocycles. The van der Waals surface area contributed by atoms with E-state index >= 15 is 0 Å². The van der Waals surface area contributed by atoms with E-state index in [0.717, 1.165) is 22.6 Å². The van der Waals surface area contributed by atoms with Crippen LogP contribution >= 0.6 is 0 Å². The summed E-state index contributed by atoms with van der Waals surface area (Å²) in [5, 5.41) is 0. The van der Waals surface area contributed by atoms with Crippen molar-refractivity contribution in [2.75, 3.05) is 20.3 Å². The summed E-state index contributed by atoms with van der Waals surface area (Å²) in [7, 11) is 1.51. The van der Waals surface area contributed by atoms with E-state index in [2.05, 4.69) is 0 Å². The molecule has 35 heavy (non-hydrogen) atoms. The second-order valence-electron chi connectivity index (χ2n) is 8.40. The summed E-state index contributed by atoms with van der Waals surface area (Å²) in [6.45, 7) is 1.88. The lowest BCUT2D eigenvalue weighted by Gasteiger charge is -2.35. The van der Waals surface area contributed by atoms with Gasteiger partial charge in [0.05, 0.1) is 25.1 Å². The number of carbonyl (C=O) groups excluding carboxylic acids is 3. The van der Waals surface area contributed by atoms with Crippen molar-refractivity contribution in [2.24, 2.45) is 5.73 Å². The topological polar surface area (TPSA) is 92.9 Å². The number of halogens is 2. The summed E-state index contributed by atoms with van der Waals surface area (Å²) in [6.07, 6.45) is 3.21. The molecule has 1 aliphatic rings. The van der Waals surface area contributed by atoms with Crippen LogP contribution in [0.5, 0.6) is 0 Å². The Morgan fingerprint density at radius 1 is 1.17 bits per heavy atom. The maximum Gasteiger partial charge on any atom is 0.247 e. The number of benzene rings is 2. The van der Waals surface area contributed by atoms with Crippen molar-refractivity contribution >= 4 is 17.7 Å². The molecule has 3 amide bonds. The molecular formula is C26H29F2N3O4. The summed E-state index contributed by atoms with van der Waals surface area (Å²) in [5.74, 6) is -3.66. The zero-order valence-corrected chi connectivity index (χ0v) is 19.7. The Balaban J connectivity index is 1.97. The van der Waals surface area contributed by atoms with Crippen molar-refractivity contribution in [3.05, 3.63) is 83.4 Å². The molecule has 0 aliphatic carbocycles. The lowest BCUT2D eigenvalue weighted by molar-refractivity contribution is -0.156. The number of amides is 3. The van der Waals surface area contributed by atoms with Crippen molar-refractivity contribution in [3.63, 3.8) is 0 Å². The lowest BCUT2D eigenvalue weighted by atomic mass is 10.0. The van der Waals surface area contributed by atoms with Gasteiger partial charge in [0.1, 0.15) is 17.7 Å². The maximum absolute atomic E-state index is 13.8. The first kappa shape index (κ1) is 26.2. The summed E-state index contributed by atoms with van der Waals surface area (Å²) in [5.41, 5.74) is 6.72. The van der Waals surface area contributed by atoms with E-state index in [1.807, 2.05) is 36.4 Å². The van der Waals surface area contributed by atoms with Gasteiger partial charge in [-0.05, 0) is 36.6 Å². The second kappa shape index (κ2) is 11.8. The second-order valence-corrected chi connectivity index (χ2v) is 8.40. The third kappa shape index (κ3) is 6.37. The number of imide groups is 1. The Labute approximate surface area is 203 Å². The first-order valence-corrected chi connectivity index (χ1v) is 11.3. The Bertz CT molecular complexity index is 1070. The minimum Gasteiger partial charge on any atom is -0.383 e. The molecule has 0 unspecified atom stereocenters. The van der Waals surface area contributed by atoms with Crippen LogP contribution in [0.15, 0.2) is 60.7 Å². The van der Waals surface area contributed by atoms with Crippen LogP contribution in [-0.2, 0) is 25.5 Å². The zero-order chi connectivity index (χ0) is 25.5. The van der Waals surface area contributed by atoms with Crippen molar-refractivity contribution in [1.82, 2.24) is 9.80 Å². The van der Waals surface area contributed by atoms with E-state index in [0.29, 0.717) is 6.07 Å². The van der Waals surface area contributed by atoms with Crippen LogP contribution in [0.2, 0.25) is 0 Å². The molecule has 0 fully saturated rings. The van der Waals surface area contributed by atoms with Gasteiger partial charge in [-0.3, -0.25) is 19.3 Å². The summed E-state index contributed by atoms with van der Waals surface area (Å²) in [6, 6.07) is 9.41. The molecule has 0 radical (unpaired) electrons. The summed E-state index contributed by atoms with van der Waals surface area (Å²) < 4.78 is 32.5. The predicted molar refractivity (Wildman–Crippen MR) is 126 cm³/mol. The number of hydrogen-bond donors (Lipinski definition) is 1. The molecular weight excluding hydrogens is 456 g/mol. The van der Waals surface area contributed by atoms with Crippen LogP contribution in [-0.4, -0.2) is 59.9 Å². The fourth-order valence-corrected chi connectivity index (χ4v) is 4.11. The molecule has 0 saturated heterocycles. The predicted octanol–water partition coefficient (Wildman–Crippen LogP) is 2.75. The summed E-state index contributed by atoms with van der Waals surface area (Å²) >= 11 is 0. The molecule has 2 aromatic rings. The first-order chi connectivity index (χ1) is 16.7. The highest BCUT2D eigenvalue weighted by Crippen LogP contribution is 2.28. The fraction of sp³-hybridized carbons (Fsp3) is 0.346. The van der Waals surface area contributed by atoms with Crippen molar-refractivity contribution in [3.8, 4) is 0 Å². The molecule has 1 heterocycles. The van der Waals surface area contributed by atoms with E-state index < -0.39 is 53.9 Å². The number of nitrogens with zero attached hydrogens (tertiary/aromatic N) is 2. The van der Waals surface area contributed by atoms with Crippen molar-refractivity contribution in [1.29, 1.82) is 0 Å². The maximum atomic E-state index is 13.8. The van der Waals surface area contributed by atoms with Gasteiger partial charge >= 0.3 is 0 Å². The molecule has 186 valence electrons. The monoisotopic (exact) mass is 485 g/mol. The van der Waals surface area contributed by atoms with E-state index in [4.69, 9.17) is 10.5 Å². The largest absolute Gasteiger partial charge is 0.383 e. The van der Waals surface area contributed by atoms with E-state index in [1.165, 1.54) is 14.0 Å². The number of methoxy groups -OCH3 is 1. The SMILES string of the molecule is COCCN1C(=O)[C@@H](N(C(=O)Cc2cc(F)cc(F)c2)C(=O)[C@H](C)N)CC=C[C@H]1c1ccccc1. The minimum atomic E-state index is -1.17. The highest BCUT2D eigenvalue weighted by atomic mass is 19.1. The Kier molecular flexibility index (Phi) is 8.84. The molecule has 2 N–H and O–H groups in total. The number of hydrogen-bond acceptors (Lipinski definition) is 5. The molecule has 9 heteroatoms. The van der Waals surface area contributed by atoms with E-state index in [-0.39, 0.29) is 25.1 Å². The van der Waals surface area contributed by atoms with Crippen LogP contribution < -0.4 is 5.73 Å². The average molecular weight is 486 g/mol. The van der Waals surface area contributed by atoms with Gasteiger partial charge in [0, 0.05) is 19.7 Å².